The van der Waals surface area contributed by atoms with Crippen LogP contribution in [-0.4, -0.2) is 74.8 Å². The maximum absolute atomic E-state index is 13.9. The Balaban J connectivity index is 1.50. The lowest BCUT2D eigenvalue weighted by Gasteiger charge is -2.34. The minimum absolute atomic E-state index is 0.148. The maximum atomic E-state index is 13.9. The van der Waals surface area contributed by atoms with Gasteiger partial charge < -0.3 is 29.0 Å². The molecular weight excluding hydrogens is 602 g/mol. The van der Waals surface area contributed by atoms with Crippen LogP contribution in [0.2, 0.25) is 0 Å². The molecule has 1 atom stereocenters. The summed E-state index contributed by atoms with van der Waals surface area (Å²) < 4.78 is 25.2. The molecule has 12 nitrogen and oxygen atoms in total. The number of fused-ring (bicyclic) bond motifs is 1. The van der Waals surface area contributed by atoms with Crippen LogP contribution < -0.4 is 14.4 Å². The Morgan fingerprint density at radius 2 is 1.83 bits per heavy atom. The summed E-state index contributed by atoms with van der Waals surface area (Å²) in [6, 6.07) is 18.3. The first-order valence-corrected chi connectivity index (χ1v) is 15.6. The molecule has 1 saturated heterocycles. The van der Waals surface area contributed by atoms with Crippen molar-refractivity contribution in [1.29, 1.82) is 0 Å². The van der Waals surface area contributed by atoms with Crippen LogP contribution in [0.5, 0.6) is 11.6 Å². The number of ether oxygens (including phenoxy) is 4. The van der Waals surface area contributed by atoms with Crippen molar-refractivity contribution in [2.75, 3.05) is 31.2 Å². The summed E-state index contributed by atoms with van der Waals surface area (Å²) in [6.45, 7) is 10.1. The van der Waals surface area contributed by atoms with Crippen LogP contribution >= 0.6 is 0 Å². The lowest BCUT2D eigenvalue weighted by molar-refractivity contribution is 0.0595. The zero-order chi connectivity index (χ0) is 33.6. The lowest BCUT2D eigenvalue weighted by atomic mass is 10.0. The van der Waals surface area contributed by atoms with Gasteiger partial charge in [0.25, 0.3) is 0 Å². The molecule has 1 N–H and O–H groups in total. The number of nitrogens with zero attached hydrogens (tertiary/aromatic N) is 5. The predicted octanol–water partition coefficient (Wildman–Crippen LogP) is 6.22. The molecule has 1 unspecified atom stereocenters. The van der Waals surface area contributed by atoms with Gasteiger partial charge in [-0.05, 0) is 76.4 Å². The predicted molar refractivity (Wildman–Crippen MR) is 176 cm³/mol. The van der Waals surface area contributed by atoms with E-state index in [4.69, 9.17) is 23.9 Å². The van der Waals surface area contributed by atoms with E-state index in [-0.39, 0.29) is 25.6 Å². The number of anilines is 2. The summed E-state index contributed by atoms with van der Waals surface area (Å²) in [5, 5.41) is 14.2. The number of benzene rings is 2. The van der Waals surface area contributed by atoms with Crippen LogP contribution in [0.3, 0.4) is 0 Å². The highest BCUT2D eigenvalue weighted by atomic mass is 16.6. The minimum Gasteiger partial charge on any atom is -0.494 e. The van der Waals surface area contributed by atoms with E-state index in [1.807, 2.05) is 37.3 Å². The molecule has 0 radical (unpaired) electrons. The van der Waals surface area contributed by atoms with Crippen LogP contribution in [0.4, 0.5) is 21.1 Å². The SMILES string of the molecule is CCOc1ccc(N(C(=O)OC(C)(C)C)c2c(C)c(OC3CN(C(=O)OCc4ccccc4)CC/C3=C/CO)nc3ccnn23)cc1. The first kappa shape index (κ1) is 33.3. The molecule has 2 aromatic heterocycles. The molecule has 1 aliphatic rings. The molecular formula is C35H41N5O7. The van der Waals surface area contributed by atoms with Crippen molar-refractivity contribution in [3.8, 4) is 11.6 Å². The third kappa shape index (κ3) is 8.01. The van der Waals surface area contributed by atoms with Gasteiger partial charge in [-0.25, -0.2) is 14.5 Å². The first-order chi connectivity index (χ1) is 22.6. The van der Waals surface area contributed by atoms with Gasteiger partial charge in [0.15, 0.2) is 11.5 Å². The number of carbonyl (C=O) groups excluding carboxylic acids is 2. The van der Waals surface area contributed by atoms with Gasteiger partial charge in [0, 0.05) is 12.6 Å². The fourth-order valence-electron chi connectivity index (χ4n) is 5.25. The van der Waals surface area contributed by atoms with E-state index in [2.05, 4.69) is 5.10 Å². The molecule has 1 fully saturated rings. The van der Waals surface area contributed by atoms with Gasteiger partial charge in [0.1, 0.15) is 24.1 Å². The molecule has 5 rings (SSSR count). The van der Waals surface area contributed by atoms with Crippen LogP contribution in [0, 0.1) is 6.92 Å². The highest BCUT2D eigenvalue weighted by Gasteiger charge is 2.33. The van der Waals surface area contributed by atoms with Gasteiger partial charge in [0.05, 0.1) is 37.2 Å². The smallest absolute Gasteiger partial charge is 0.420 e. The van der Waals surface area contributed by atoms with Gasteiger partial charge in [0.2, 0.25) is 5.88 Å². The van der Waals surface area contributed by atoms with Crippen LogP contribution in [0.15, 0.2) is 78.5 Å². The molecule has 2 amide bonds. The van der Waals surface area contributed by atoms with E-state index in [0.29, 0.717) is 48.0 Å². The molecule has 12 heteroatoms. The number of amides is 2. The van der Waals surface area contributed by atoms with Crippen LogP contribution in [0.1, 0.15) is 45.2 Å². The second kappa shape index (κ2) is 14.5. The average Bonchev–Trinajstić information content (AvgIpc) is 3.51. The van der Waals surface area contributed by atoms with Crippen molar-refractivity contribution in [2.45, 2.75) is 59.4 Å². The van der Waals surface area contributed by atoms with Gasteiger partial charge in [-0.1, -0.05) is 36.4 Å². The summed E-state index contributed by atoms with van der Waals surface area (Å²) in [5.74, 6) is 1.27. The number of hydrogen-bond donors (Lipinski definition) is 1. The molecule has 0 aliphatic carbocycles. The van der Waals surface area contributed by atoms with E-state index in [1.54, 1.807) is 79.7 Å². The fraction of sp³-hybridized carbons (Fsp3) is 0.371. The molecule has 2 aromatic carbocycles. The number of aliphatic hydroxyl groups excluding tert-OH is 1. The summed E-state index contributed by atoms with van der Waals surface area (Å²) in [5.41, 5.74) is 2.39. The topological polar surface area (TPSA) is 128 Å². The Morgan fingerprint density at radius 3 is 2.51 bits per heavy atom. The molecule has 47 heavy (non-hydrogen) atoms. The number of aromatic nitrogens is 3. The van der Waals surface area contributed by atoms with Crippen molar-refractivity contribution in [3.63, 3.8) is 0 Å². The molecule has 4 aromatic rings. The number of carbonyl (C=O) groups is 2. The highest BCUT2D eigenvalue weighted by Crippen LogP contribution is 2.36. The standard InChI is InChI=1S/C35H41N5O7/c1-6-44-28-14-12-27(13-15-28)39(34(43)47-35(3,4)5)32-24(2)31(37-30-16-19-36-40(30)32)46-29-22-38(20-17-26(29)18-21-41)33(42)45-23-25-10-8-7-9-11-25/h7-16,18-19,29,41H,6,17,20-23H2,1-5H3/b26-18-. The van der Waals surface area contributed by atoms with E-state index in [9.17, 15) is 14.7 Å². The second-order valence-electron chi connectivity index (χ2n) is 12.0. The zero-order valence-electron chi connectivity index (χ0n) is 27.4. The second-order valence-corrected chi connectivity index (χ2v) is 12.0. The Kier molecular flexibility index (Phi) is 10.3. The van der Waals surface area contributed by atoms with Crippen LogP contribution in [-0.2, 0) is 16.1 Å². The highest BCUT2D eigenvalue weighted by molar-refractivity contribution is 5.96. The van der Waals surface area contributed by atoms with E-state index in [0.717, 1.165) is 11.1 Å². The van der Waals surface area contributed by atoms with Crippen molar-refractivity contribution in [3.05, 3.63) is 89.6 Å². The quantitative estimate of drug-likeness (QED) is 0.212. The Labute approximate surface area is 274 Å². The molecule has 0 spiro atoms. The van der Waals surface area contributed by atoms with E-state index < -0.39 is 23.9 Å². The maximum Gasteiger partial charge on any atom is 0.420 e. The van der Waals surface area contributed by atoms with Crippen molar-refractivity contribution < 1.29 is 33.6 Å². The van der Waals surface area contributed by atoms with Gasteiger partial charge in [-0.3, -0.25) is 0 Å². The Morgan fingerprint density at radius 1 is 1.09 bits per heavy atom. The van der Waals surface area contributed by atoms with Gasteiger partial charge in [-0.15, -0.1) is 0 Å². The number of likely N-dealkylation sites (tertiary alicyclic amines) is 1. The van der Waals surface area contributed by atoms with Crippen molar-refractivity contribution >= 4 is 29.3 Å². The molecule has 0 bridgehead atoms. The number of aliphatic hydroxyl groups is 1. The zero-order valence-corrected chi connectivity index (χ0v) is 27.4. The van der Waals surface area contributed by atoms with Crippen molar-refractivity contribution in [2.24, 2.45) is 0 Å². The Bertz CT molecular complexity index is 1710. The van der Waals surface area contributed by atoms with Gasteiger partial charge in [-0.2, -0.15) is 14.6 Å². The fourth-order valence-corrected chi connectivity index (χ4v) is 5.25. The minimum atomic E-state index is -0.783. The number of rotatable bonds is 9. The molecule has 1 aliphatic heterocycles. The summed E-state index contributed by atoms with van der Waals surface area (Å²) in [7, 11) is 0. The lowest BCUT2D eigenvalue weighted by Crippen LogP contribution is -2.46. The van der Waals surface area contributed by atoms with Gasteiger partial charge >= 0.3 is 12.2 Å². The number of hydrogen-bond acceptors (Lipinski definition) is 9. The van der Waals surface area contributed by atoms with E-state index in [1.165, 1.54) is 4.90 Å². The third-order valence-corrected chi connectivity index (χ3v) is 7.43. The molecule has 248 valence electrons. The summed E-state index contributed by atoms with van der Waals surface area (Å²) in [4.78, 5) is 34.7. The third-order valence-electron chi connectivity index (χ3n) is 7.43. The Hall–Kier alpha value is -5.10. The average molecular weight is 644 g/mol. The van der Waals surface area contributed by atoms with E-state index >= 15 is 0 Å². The summed E-state index contributed by atoms with van der Waals surface area (Å²) >= 11 is 0. The van der Waals surface area contributed by atoms with Crippen molar-refractivity contribution in [1.82, 2.24) is 19.5 Å². The molecule has 3 heterocycles. The normalized spacial score (nSPS) is 15.8. The summed E-state index contributed by atoms with van der Waals surface area (Å²) in [6.07, 6.45) is 2.03. The van der Waals surface area contributed by atoms with Crippen LogP contribution in [0.25, 0.3) is 5.65 Å². The molecule has 0 saturated carbocycles. The largest absolute Gasteiger partial charge is 0.494 e. The first-order valence-electron chi connectivity index (χ1n) is 15.6. The number of piperidine rings is 1. The monoisotopic (exact) mass is 643 g/mol.